The molecular formula is C25H31N5O6. The highest BCUT2D eigenvalue weighted by Crippen LogP contribution is 2.11. The first-order valence-electron chi connectivity index (χ1n) is 11.4. The Labute approximate surface area is 209 Å². The van der Waals surface area contributed by atoms with Gasteiger partial charge in [0.1, 0.15) is 11.8 Å². The van der Waals surface area contributed by atoms with Gasteiger partial charge in [0.2, 0.25) is 29.5 Å². The van der Waals surface area contributed by atoms with Crippen molar-refractivity contribution in [2.24, 2.45) is 0 Å². The minimum absolute atomic E-state index is 0.137. The Bertz CT molecular complexity index is 1040. The SMILES string of the molecule is CNC(=O)CNC(=O)CNC(=O)[C@H](Cc1ccccc1)NC(=O)CNC(=O)CCc1ccc(O)cc1. The minimum atomic E-state index is -0.986. The summed E-state index contributed by atoms with van der Waals surface area (Å²) in [5, 5.41) is 21.6. The smallest absolute Gasteiger partial charge is 0.243 e. The van der Waals surface area contributed by atoms with Gasteiger partial charge in [-0.3, -0.25) is 24.0 Å². The number of aryl methyl sites for hydroxylation is 1. The van der Waals surface area contributed by atoms with Crippen LogP contribution < -0.4 is 26.6 Å². The minimum Gasteiger partial charge on any atom is -0.508 e. The van der Waals surface area contributed by atoms with Crippen molar-refractivity contribution in [3.8, 4) is 5.75 Å². The quantitative estimate of drug-likeness (QED) is 0.211. The zero-order valence-corrected chi connectivity index (χ0v) is 20.0. The molecule has 1 atom stereocenters. The van der Waals surface area contributed by atoms with E-state index in [4.69, 9.17) is 0 Å². The third-order valence-electron chi connectivity index (χ3n) is 5.11. The zero-order chi connectivity index (χ0) is 26.3. The average molecular weight is 498 g/mol. The van der Waals surface area contributed by atoms with Crippen molar-refractivity contribution in [3.05, 3.63) is 65.7 Å². The lowest BCUT2D eigenvalue weighted by atomic mass is 10.1. The molecule has 11 heteroatoms. The van der Waals surface area contributed by atoms with E-state index in [0.717, 1.165) is 11.1 Å². The second-order valence-electron chi connectivity index (χ2n) is 7.92. The van der Waals surface area contributed by atoms with Crippen LogP contribution in [-0.4, -0.2) is 67.4 Å². The van der Waals surface area contributed by atoms with Gasteiger partial charge in [0, 0.05) is 19.9 Å². The predicted octanol–water partition coefficient (Wildman–Crippen LogP) is -0.853. The second kappa shape index (κ2) is 14.8. The molecule has 0 aliphatic heterocycles. The van der Waals surface area contributed by atoms with Gasteiger partial charge in [-0.1, -0.05) is 42.5 Å². The molecule has 5 amide bonds. The van der Waals surface area contributed by atoms with Gasteiger partial charge >= 0.3 is 0 Å². The second-order valence-corrected chi connectivity index (χ2v) is 7.92. The van der Waals surface area contributed by atoms with Gasteiger partial charge in [-0.25, -0.2) is 0 Å². The van der Waals surface area contributed by atoms with E-state index in [1.165, 1.54) is 19.2 Å². The molecule has 0 unspecified atom stereocenters. The van der Waals surface area contributed by atoms with Crippen molar-refractivity contribution >= 4 is 29.5 Å². The molecule has 0 aliphatic rings. The number of hydrogen-bond donors (Lipinski definition) is 6. The third kappa shape index (κ3) is 10.7. The van der Waals surface area contributed by atoms with E-state index in [1.54, 1.807) is 36.4 Å². The molecule has 0 aliphatic carbocycles. The van der Waals surface area contributed by atoms with Crippen LogP contribution in [0, 0.1) is 0 Å². The maximum Gasteiger partial charge on any atom is 0.243 e. The topological polar surface area (TPSA) is 166 Å². The molecule has 6 N–H and O–H groups in total. The lowest BCUT2D eigenvalue weighted by molar-refractivity contribution is -0.131. The van der Waals surface area contributed by atoms with Gasteiger partial charge in [-0.05, 0) is 29.7 Å². The first kappa shape index (κ1) is 27.8. The van der Waals surface area contributed by atoms with Crippen molar-refractivity contribution in [2.75, 3.05) is 26.7 Å². The first-order valence-corrected chi connectivity index (χ1v) is 11.4. The lowest BCUT2D eigenvalue weighted by Gasteiger charge is -2.19. The highest BCUT2D eigenvalue weighted by Gasteiger charge is 2.22. The molecule has 2 rings (SSSR count). The molecule has 192 valence electrons. The summed E-state index contributed by atoms with van der Waals surface area (Å²) in [5.41, 5.74) is 1.66. The fraction of sp³-hybridized carbons (Fsp3) is 0.320. The van der Waals surface area contributed by atoms with E-state index in [0.29, 0.717) is 6.42 Å². The number of aromatic hydroxyl groups is 1. The number of benzene rings is 2. The Morgan fingerprint density at radius 3 is 2.00 bits per heavy atom. The molecular weight excluding hydrogens is 466 g/mol. The normalized spacial score (nSPS) is 11.0. The molecule has 0 heterocycles. The number of amides is 5. The highest BCUT2D eigenvalue weighted by atomic mass is 16.3. The molecule has 11 nitrogen and oxygen atoms in total. The summed E-state index contributed by atoms with van der Waals surface area (Å²) in [6, 6.07) is 14.5. The van der Waals surface area contributed by atoms with Crippen molar-refractivity contribution in [1.82, 2.24) is 26.6 Å². The number of rotatable bonds is 13. The number of likely N-dealkylation sites (N-methyl/N-ethyl adjacent to an activating group) is 1. The van der Waals surface area contributed by atoms with Crippen LogP contribution in [0.4, 0.5) is 0 Å². The summed E-state index contributed by atoms with van der Waals surface area (Å²) >= 11 is 0. The van der Waals surface area contributed by atoms with Crippen molar-refractivity contribution in [3.63, 3.8) is 0 Å². The summed E-state index contributed by atoms with van der Waals surface area (Å²) in [6.07, 6.45) is 0.763. The summed E-state index contributed by atoms with van der Waals surface area (Å²) < 4.78 is 0. The molecule has 0 aromatic heterocycles. The predicted molar refractivity (Wildman–Crippen MR) is 132 cm³/mol. The van der Waals surface area contributed by atoms with Gasteiger partial charge in [-0.15, -0.1) is 0 Å². The Balaban J connectivity index is 1.85. The molecule has 0 fully saturated rings. The van der Waals surface area contributed by atoms with Crippen LogP contribution in [0.1, 0.15) is 17.5 Å². The van der Waals surface area contributed by atoms with Crippen molar-refractivity contribution in [1.29, 1.82) is 0 Å². The standard InChI is InChI=1S/C25H31N5O6/c1-26-22(33)14-28-23(34)15-29-25(36)20(13-18-5-3-2-4-6-18)30-24(35)16-27-21(32)12-9-17-7-10-19(31)11-8-17/h2-8,10-11,20,31H,9,12-16H2,1H3,(H,26,33)(H,27,32)(H,28,34)(H,29,36)(H,30,35)/t20-/m0/s1. The Morgan fingerprint density at radius 1 is 0.722 bits per heavy atom. The van der Waals surface area contributed by atoms with Crippen molar-refractivity contribution in [2.45, 2.75) is 25.3 Å². The summed E-state index contributed by atoms with van der Waals surface area (Å²) in [4.78, 5) is 60.4. The highest BCUT2D eigenvalue weighted by molar-refractivity contribution is 5.92. The maximum atomic E-state index is 12.7. The largest absolute Gasteiger partial charge is 0.508 e. The fourth-order valence-electron chi connectivity index (χ4n) is 3.11. The van der Waals surface area contributed by atoms with Crippen LogP contribution in [0.15, 0.2) is 54.6 Å². The van der Waals surface area contributed by atoms with E-state index in [9.17, 15) is 29.1 Å². The third-order valence-corrected chi connectivity index (χ3v) is 5.11. The Kier molecular flexibility index (Phi) is 11.4. The lowest BCUT2D eigenvalue weighted by Crippen LogP contribution is -2.52. The molecule has 2 aromatic rings. The van der Waals surface area contributed by atoms with Crippen molar-refractivity contribution < 1.29 is 29.1 Å². The van der Waals surface area contributed by atoms with Crippen LogP contribution in [0.2, 0.25) is 0 Å². The number of hydrogen-bond acceptors (Lipinski definition) is 6. The summed E-state index contributed by atoms with van der Waals surface area (Å²) in [6.45, 7) is -0.910. The van der Waals surface area contributed by atoms with Crippen LogP contribution in [0.25, 0.3) is 0 Å². The van der Waals surface area contributed by atoms with Crippen LogP contribution in [0.3, 0.4) is 0 Å². The monoisotopic (exact) mass is 497 g/mol. The van der Waals surface area contributed by atoms with Crippen LogP contribution >= 0.6 is 0 Å². The van der Waals surface area contributed by atoms with E-state index >= 15 is 0 Å². The Morgan fingerprint density at radius 2 is 1.33 bits per heavy atom. The van der Waals surface area contributed by atoms with E-state index < -0.39 is 23.8 Å². The van der Waals surface area contributed by atoms with Gasteiger partial charge in [0.05, 0.1) is 19.6 Å². The molecule has 36 heavy (non-hydrogen) atoms. The molecule has 0 radical (unpaired) electrons. The Hall–Kier alpha value is -4.41. The average Bonchev–Trinajstić information content (AvgIpc) is 2.89. The zero-order valence-electron chi connectivity index (χ0n) is 20.0. The maximum absolute atomic E-state index is 12.7. The van der Waals surface area contributed by atoms with Crippen LogP contribution in [-0.2, 0) is 36.8 Å². The van der Waals surface area contributed by atoms with E-state index in [-0.39, 0.29) is 50.0 Å². The first-order chi connectivity index (χ1) is 17.3. The summed E-state index contributed by atoms with van der Waals surface area (Å²) in [7, 11) is 1.44. The number of carbonyl (C=O) groups excluding carboxylic acids is 5. The van der Waals surface area contributed by atoms with Crippen LogP contribution in [0.5, 0.6) is 5.75 Å². The van der Waals surface area contributed by atoms with Gasteiger partial charge in [-0.2, -0.15) is 0 Å². The molecule has 2 aromatic carbocycles. The number of phenols is 1. The number of nitrogens with one attached hydrogen (secondary N) is 5. The molecule has 0 saturated heterocycles. The fourth-order valence-corrected chi connectivity index (χ4v) is 3.11. The van der Waals surface area contributed by atoms with E-state index in [2.05, 4.69) is 26.6 Å². The summed E-state index contributed by atoms with van der Waals surface area (Å²) in [5.74, 6) is -2.28. The number of carbonyl (C=O) groups is 5. The number of phenolic OH excluding ortho intramolecular Hbond substituents is 1. The van der Waals surface area contributed by atoms with Gasteiger partial charge < -0.3 is 31.7 Å². The molecule has 0 bridgehead atoms. The molecule has 0 saturated carbocycles. The van der Waals surface area contributed by atoms with Gasteiger partial charge in [0.15, 0.2) is 0 Å². The molecule has 0 spiro atoms. The van der Waals surface area contributed by atoms with Gasteiger partial charge in [0.25, 0.3) is 0 Å². The van der Waals surface area contributed by atoms with E-state index in [1.807, 2.05) is 6.07 Å².